The van der Waals surface area contributed by atoms with Crippen LogP contribution in [0.2, 0.25) is 0 Å². The van der Waals surface area contributed by atoms with Gasteiger partial charge < -0.3 is 5.73 Å². The average molecular weight is 293 g/mol. The Kier molecular flexibility index (Phi) is 5.61. The van der Waals surface area contributed by atoms with Gasteiger partial charge in [-0.05, 0) is 69.2 Å². The van der Waals surface area contributed by atoms with Crippen molar-refractivity contribution in [1.82, 2.24) is 4.90 Å². The summed E-state index contributed by atoms with van der Waals surface area (Å²) >= 11 is 0. The van der Waals surface area contributed by atoms with Gasteiger partial charge in [-0.3, -0.25) is 4.90 Å². The molecule has 2 nitrogen and oxygen atoms in total. The fourth-order valence-corrected chi connectivity index (χ4v) is 5.52. The molecule has 0 spiro atoms. The topological polar surface area (TPSA) is 29.3 Å². The summed E-state index contributed by atoms with van der Waals surface area (Å²) in [6.07, 6.45) is 15.7. The van der Waals surface area contributed by atoms with E-state index in [0.717, 1.165) is 23.8 Å². The van der Waals surface area contributed by atoms with Crippen molar-refractivity contribution < 1.29 is 0 Å². The van der Waals surface area contributed by atoms with E-state index in [2.05, 4.69) is 11.8 Å². The van der Waals surface area contributed by atoms with Crippen molar-refractivity contribution in [2.75, 3.05) is 13.1 Å². The first-order valence-electron chi connectivity index (χ1n) is 9.77. The lowest BCUT2D eigenvalue weighted by atomic mass is 9.74. The van der Waals surface area contributed by atoms with Crippen LogP contribution < -0.4 is 5.73 Å². The van der Waals surface area contributed by atoms with Gasteiger partial charge in [0, 0.05) is 18.6 Å². The second-order valence-electron chi connectivity index (χ2n) is 8.14. The molecule has 1 heterocycles. The van der Waals surface area contributed by atoms with Crippen molar-refractivity contribution in [2.45, 2.75) is 89.6 Å². The second kappa shape index (κ2) is 7.46. The predicted molar refractivity (Wildman–Crippen MR) is 90.3 cm³/mol. The molecule has 21 heavy (non-hydrogen) atoms. The van der Waals surface area contributed by atoms with E-state index >= 15 is 0 Å². The molecule has 3 fully saturated rings. The first-order valence-corrected chi connectivity index (χ1v) is 9.77. The van der Waals surface area contributed by atoms with E-state index in [1.165, 1.54) is 83.7 Å². The quantitative estimate of drug-likeness (QED) is 0.842. The van der Waals surface area contributed by atoms with Gasteiger partial charge in [0.2, 0.25) is 0 Å². The lowest BCUT2D eigenvalue weighted by Crippen LogP contribution is -2.51. The Labute approximate surface area is 131 Å². The average Bonchev–Trinajstić information content (AvgIpc) is 2.51. The summed E-state index contributed by atoms with van der Waals surface area (Å²) in [6.45, 7) is 4.99. The summed E-state index contributed by atoms with van der Waals surface area (Å²) in [4.78, 5) is 2.87. The molecule has 0 bridgehead atoms. The zero-order valence-corrected chi connectivity index (χ0v) is 14.1. The lowest BCUT2D eigenvalue weighted by Gasteiger charge is -2.47. The minimum atomic E-state index is 0.474. The molecule has 0 amide bonds. The maximum Gasteiger partial charge on any atom is 0.0124 e. The molecule has 1 saturated heterocycles. The van der Waals surface area contributed by atoms with E-state index in [0.29, 0.717) is 6.04 Å². The number of hydrogen-bond donors (Lipinski definition) is 1. The largest absolute Gasteiger partial charge is 0.327 e. The molecule has 0 aromatic heterocycles. The van der Waals surface area contributed by atoms with E-state index in [9.17, 15) is 0 Å². The molecule has 3 aliphatic rings. The molecule has 0 aromatic rings. The fraction of sp³-hybridized carbons (Fsp3) is 1.00. The molecule has 5 atom stereocenters. The zero-order chi connectivity index (χ0) is 14.7. The van der Waals surface area contributed by atoms with Gasteiger partial charge in [0.1, 0.15) is 0 Å². The van der Waals surface area contributed by atoms with E-state index in [-0.39, 0.29) is 0 Å². The smallest absolute Gasteiger partial charge is 0.0124 e. The molecular formula is C19H36N2. The Morgan fingerprint density at radius 1 is 1.00 bits per heavy atom. The Morgan fingerprint density at radius 2 is 1.81 bits per heavy atom. The van der Waals surface area contributed by atoms with Crippen LogP contribution in [-0.4, -0.2) is 30.1 Å². The summed E-state index contributed by atoms with van der Waals surface area (Å²) in [7, 11) is 0. The number of hydrogen-bond acceptors (Lipinski definition) is 2. The maximum absolute atomic E-state index is 6.50. The van der Waals surface area contributed by atoms with Gasteiger partial charge in [0.15, 0.2) is 0 Å². The SMILES string of the molecule is CCCC1CCC(N)C(CN2CCC[C@H]3CCCC[C@H]32)C1. The van der Waals surface area contributed by atoms with Crippen molar-refractivity contribution in [2.24, 2.45) is 23.5 Å². The van der Waals surface area contributed by atoms with Crippen molar-refractivity contribution in [3.05, 3.63) is 0 Å². The monoisotopic (exact) mass is 292 g/mol. The minimum Gasteiger partial charge on any atom is -0.327 e. The molecule has 3 rings (SSSR count). The molecular weight excluding hydrogens is 256 g/mol. The van der Waals surface area contributed by atoms with Gasteiger partial charge in [-0.25, -0.2) is 0 Å². The van der Waals surface area contributed by atoms with Crippen LogP contribution in [0.5, 0.6) is 0 Å². The second-order valence-corrected chi connectivity index (χ2v) is 8.14. The van der Waals surface area contributed by atoms with Gasteiger partial charge in [0.25, 0.3) is 0 Å². The highest BCUT2D eigenvalue weighted by Crippen LogP contribution is 2.38. The Bertz CT molecular complexity index is 315. The summed E-state index contributed by atoms with van der Waals surface area (Å²) in [6, 6.07) is 1.38. The van der Waals surface area contributed by atoms with Crippen molar-refractivity contribution >= 4 is 0 Å². The van der Waals surface area contributed by atoms with Crippen LogP contribution in [0.1, 0.15) is 77.6 Å². The first kappa shape index (κ1) is 15.8. The molecule has 122 valence electrons. The van der Waals surface area contributed by atoms with Crippen LogP contribution in [-0.2, 0) is 0 Å². The molecule has 2 N–H and O–H groups in total. The zero-order valence-electron chi connectivity index (χ0n) is 14.1. The lowest BCUT2D eigenvalue weighted by molar-refractivity contribution is 0.0344. The summed E-state index contributed by atoms with van der Waals surface area (Å²) in [5.41, 5.74) is 6.50. The van der Waals surface area contributed by atoms with Gasteiger partial charge in [0.05, 0.1) is 0 Å². The number of fused-ring (bicyclic) bond motifs is 1. The molecule has 2 saturated carbocycles. The Hall–Kier alpha value is -0.0800. The van der Waals surface area contributed by atoms with Gasteiger partial charge in [-0.15, -0.1) is 0 Å². The highest BCUT2D eigenvalue weighted by atomic mass is 15.2. The standard InChI is InChI=1S/C19H36N2/c1-2-6-15-10-11-18(20)17(13-15)14-21-12-5-8-16-7-3-4-9-19(16)21/h15-19H,2-14,20H2,1H3/t15?,16-,17?,18?,19-/m1/s1. The van der Waals surface area contributed by atoms with Crippen molar-refractivity contribution in [3.8, 4) is 0 Å². The third kappa shape index (κ3) is 3.82. The van der Waals surface area contributed by atoms with E-state index in [4.69, 9.17) is 5.73 Å². The molecule has 0 radical (unpaired) electrons. The van der Waals surface area contributed by atoms with Crippen LogP contribution in [0.4, 0.5) is 0 Å². The number of rotatable bonds is 4. The van der Waals surface area contributed by atoms with Gasteiger partial charge >= 0.3 is 0 Å². The van der Waals surface area contributed by atoms with Crippen LogP contribution >= 0.6 is 0 Å². The summed E-state index contributed by atoms with van der Waals surface area (Å²) in [5.74, 6) is 2.75. The molecule has 0 aromatic carbocycles. The number of nitrogens with zero attached hydrogens (tertiary/aromatic N) is 1. The van der Waals surface area contributed by atoms with Gasteiger partial charge in [-0.2, -0.15) is 0 Å². The molecule has 2 aliphatic carbocycles. The molecule has 1 aliphatic heterocycles. The third-order valence-corrected chi connectivity index (χ3v) is 6.67. The van der Waals surface area contributed by atoms with Crippen molar-refractivity contribution in [1.29, 1.82) is 0 Å². The van der Waals surface area contributed by atoms with Crippen LogP contribution in [0.15, 0.2) is 0 Å². The normalized spacial score (nSPS) is 41.7. The predicted octanol–water partition coefficient (Wildman–Crippen LogP) is 4.18. The fourth-order valence-electron chi connectivity index (χ4n) is 5.52. The Balaban J connectivity index is 1.58. The maximum atomic E-state index is 6.50. The summed E-state index contributed by atoms with van der Waals surface area (Å²) in [5, 5.41) is 0. The summed E-state index contributed by atoms with van der Waals surface area (Å²) < 4.78 is 0. The highest BCUT2D eigenvalue weighted by Gasteiger charge is 2.36. The first-order chi connectivity index (χ1) is 10.3. The number of nitrogens with two attached hydrogens (primary N) is 1. The highest BCUT2D eigenvalue weighted by molar-refractivity contribution is 4.91. The minimum absolute atomic E-state index is 0.474. The van der Waals surface area contributed by atoms with Gasteiger partial charge in [-0.1, -0.05) is 32.6 Å². The van der Waals surface area contributed by atoms with Crippen LogP contribution in [0.3, 0.4) is 0 Å². The van der Waals surface area contributed by atoms with E-state index < -0.39 is 0 Å². The number of piperidine rings is 1. The number of likely N-dealkylation sites (tertiary alicyclic amines) is 1. The third-order valence-electron chi connectivity index (χ3n) is 6.67. The molecule has 2 heteroatoms. The van der Waals surface area contributed by atoms with Crippen molar-refractivity contribution in [3.63, 3.8) is 0 Å². The van der Waals surface area contributed by atoms with E-state index in [1.807, 2.05) is 0 Å². The van der Waals surface area contributed by atoms with Crippen LogP contribution in [0, 0.1) is 17.8 Å². The van der Waals surface area contributed by atoms with E-state index in [1.54, 1.807) is 0 Å². The molecule has 3 unspecified atom stereocenters. The Morgan fingerprint density at radius 3 is 2.67 bits per heavy atom. The van der Waals surface area contributed by atoms with Crippen LogP contribution in [0.25, 0.3) is 0 Å².